The summed E-state index contributed by atoms with van der Waals surface area (Å²) in [6, 6.07) is 7.39. The molecule has 8 heteroatoms. The fraction of sp³-hybridized carbons (Fsp3) is 0.125. The van der Waals surface area contributed by atoms with Crippen molar-refractivity contribution in [2.45, 2.75) is 6.17 Å². The van der Waals surface area contributed by atoms with Crippen LogP contribution in [-0.2, 0) is 4.79 Å². The molecule has 8 nitrogen and oxygen atoms in total. The van der Waals surface area contributed by atoms with Crippen LogP contribution in [0.5, 0.6) is 5.75 Å². The summed E-state index contributed by atoms with van der Waals surface area (Å²) in [7, 11) is 0. The molecule has 0 radical (unpaired) electrons. The quantitative estimate of drug-likeness (QED) is 0.242. The zero-order valence-corrected chi connectivity index (χ0v) is 7.81. The smallest absolute Gasteiger partial charge is 0.416 e. The zero-order valence-electron chi connectivity index (χ0n) is 7.81. The summed E-state index contributed by atoms with van der Waals surface area (Å²) in [6.45, 7) is 0. The average molecular weight is 226 g/mol. The van der Waals surface area contributed by atoms with Crippen LogP contribution in [0.25, 0.3) is 0 Å². The van der Waals surface area contributed by atoms with Gasteiger partial charge in [-0.1, -0.05) is 18.2 Å². The minimum Gasteiger partial charge on any atom is -0.416 e. The van der Waals surface area contributed by atoms with Crippen LogP contribution in [0.3, 0.4) is 0 Å². The summed E-state index contributed by atoms with van der Waals surface area (Å²) in [4.78, 5) is 28.9. The molecule has 0 aromatic heterocycles. The first-order chi connectivity index (χ1) is 7.52. The molecule has 0 N–H and O–H groups in total. The second kappa shape index (κ2) is 4.82. The van der Waals surface area contributed by atoms with Crippen molar-refractivity contribution in [3.63, 3.8) is 0 Å². The van der Waals surface area contributed by atoms with Crippen LogP contribution in [0.1, 0.15) is 0 Å². The number of ether oxygens (including phenoxy) is 1. The van der Waals surface area contributed by atoms with Crippen molar-refractivity contribution in [3.8, 4) is 5.75 Å². The minimum absolute atomic E-state index is 0.0150. The van der Waals surface area contributed by atoms with E-state index < -0.39 is 22.0 Å². The van der Waals surface area contributed by atoms with Crippen molar-refractivity contribution in [1.82, 2.24) is 0 Å². The SMILES string of the molecule is O=C(Oc1ccccc1)C([N+](=O)[O-])[N+](=O)[O-]. The Morgan fingerprint density at radius 1 is 1.12 bits per heavy atom. The molecule has 1 aromatic carbocycles. The van der Waals surface area contributed by atoms with Gasteiger partial charge < -0.3 is 4.74 Å². The van der Waals surface area contributed by atoms with E-state index in [9.17, 15) is 25.0 Å². The Bertz CT molecular complexity index is 404. The Kier molecular flexibility index (Phi) is 3.49. The summed E-state index contributed by atoms with van der Waals surface area (Å²) in [6.07, 6.45) is -2.60. The van der Waals surface area contributed by atoms with Crippen molar-refractivity contribution >= 4 is 5.97 Å². The number of nitro groups is 2. The number of carbonyl (C=O) groups excluding carboxylic acids is 1. The molecule has 1 aromatic rings. The fourth-order valence-corrected chi connectivity index (χ4v) is 0.907. The van der Waals surface area contributed by atoms with E-state index in [0.29, 0.717) is 0 Å². The maximum absolute atomic E-state index is 11.1. The zero-order chi connectivity index (χ0) is 12.1. The molecule has 0 aliphatic rings. The highest BCUT2D eigenvalue weighted by Gasteiger charge is 2.44. The van der Waals surface area contributed by atoms with E-state index >= 15 is 0 Å². The maximum atomic E-state index is 11.1. The fourth-order valence-electron chi connectivity index (χ4n) is 0.907. The number of hydrogen-bond donors (Lipinski definition) is 0. The van der Waals surface area contributed by atoms with Gasteiger partial charge in [0.15, 0.2) is 0 Å². The van der Waals surface area contributed by atoms with Gasteiger partial charge in [-0.2, -0.15) is 0 Å². The Hall–Kier alpha value is -2.51. The van der Waals surface area contributed by atoms with Crippen LogP contribution in [0.4, 0.5) is 0 Å². The Balaban J connectivity index is 2.78. The molecule has 16 heavy (non-hydrogen) atoms. The van der Waals surface area contributed by atoms with Crippen LogP contribution in [0, 0.1) is 20.2 Å². The molecular weight excluding hydrogens is 220 g/mol. The molecule has 0 unspecified atom stereocenters. The second-order valence-corrected chi connectivity index (χ2v) is 2.68. The van der Waals surface area contributed by atoms with Gasteiger partial charge in [0.25, 0.3) is 0 Å². The van der Waals surface area contributed by atoms with Gasteiger partial charge in [0.2, 0.25) is 0 Å². The second-order valence-electron chi connectivity index (χ2n) is 2.68. The normalized spacial score (nSPS) is 9.81. The topological polar surface area (TPSA) is 113 Å². The molecule has 84 valence electrons. The largest absolute Gasteiger partial charge is 0.545 e. The average Bonchev–Trinajstić information content (AvgIpc) is 2.17. The first kappa shape index (κ1) is 11.6. The van der Waals surface area contributed by atoms with E-state index in [0.717, 1.165) is 0 Å². The molecule has 0 heterocycles. The lowest BCUT2D eigenvalue weighted by atomic mass is 10.3. The van der Waals surface area contributed by atoms with Gasteiger partial charge in [-0.25, -0.2) is 4.79 Å². The number of benzene rings is 1. The van der Waals surface area contributed by atoms with E-state index in [2.05, 4.69) is 4.74 Å². The number of para-hydroxylation sites is 1. The standard InChI is InChI=1S/C8H6N2O6/c11-8(7(9(12)13)10(14)15)16-6-4-2-1-3-5-6/h1-5,7H. The van der Waals surface area contributed by atoms with Crippen LogP contribution < -0.4 is 4.74 Å². The number of carbonyl (C=O) groups is 1. The summed E-state index contributed by atoms with van der Waals surface area (Å²) in [5.41, 5.74) is 0. The predicted octanol–water partition coefficient (Wildman–Crippen LogP) is 0.471. The third-order valence-electron chi connectivity index (χ3n) is 1.57. The van der Waals surface area contributed by atoms with Crippen LogP contribution in [0.2, 0.25) is 0 Å². The third kappa shape index (κ3) is 2.74. The predicted molar refractivity (Wildman–Crippen MR) is 49.9 cm³/mol. The highest BCUT2D eigenvalue weighted by molar-refractivity contribution is 5.75. The lowest BCUT2D eigenvalue weighted by molar-refractivity contribution is -0.724. The molecule has 0 saturated heterocycles. The van der Waals surface area contributed by atoms with Crippen molar-refractivity contribution < 1.29 is 19.4 Å². The van der Waals surface area contributed by atoms with E-state index in [1.807, 2.05) is 0 Å². The molecule has 0 amide bonds. The molecule has 0 atom stereocenters. The van der Waals surface area contributed by atoms with Gasteiger partial charge in [-0.3, -0.25) is 20.2 Å². The molecule has 1 rings (SSSR count). The molecule has 0 aliphatic heterocycles. The maximum Gasteiger partial charge on any atom is 0.545 e. The first-order valence-corrected chi connectivity index (χ1v) is 4.06. The number of hydrogen-bond acceptors (Lipinski definition) is 6. The molecule has 0 fully saturated rings. The molecular formula is C8H6N2O6. The highest BCUT2D eigenvalue weighted by atomic mass is 16.7. The highest BCUT2D eigenvalue weighted by Crippen LogP contribution is 2.10. The van der Waals surface area contributed by atoms with E-state index in [-0.39, 0.29) is 5.75 Å². The van der Waals surface area contributed by atoms with Crippen molar-refractivity contribution in [3.05, 3.63) is 50.6 Å². The van der Waals surface area contributed by atoms with E-state index in [1.165, 1.54) is 24.3 Å². The summed E-state index contributed by atoms with van der Waals surface area (Å²) in [5, 5.41) is 20.5. The van der Waals surface area contributed by atoms with Crippen molar-refractivity contribution in [2.75, 3.05) is 0 Å². The lowest BCUT2D eigenvalue weighted by Crippen LogP contribution is -2.39. The monoisotopic (exact) mass is 226 g/mol. The van der Waals surface area contributed by atoms with Gasteiger partial charge >= 0.3 is 12.1 Å². The van der Waals surface area contributed by atoms with Crippen LogP contribution in [-0.4, -0.2) is 22.0 Å². The number of nitrogens with zero attached hydrogens (tertiary/aromatic N) is 2. The van der Waals surface area contributed by atoms with E-state index in [4.69, 9.17) is 0 Å². The van der Waals surface area contributed by atoms with Gasteiger partial charge in [0, 0.05) is 0 Å². The van der Waals surface area contributed by atoms with Gasteiger partial charge in [-0.15, -0.1) is 0 Å². The van der Waals surface area contributed by atoms with Gasteiger partial charge in [0.05, 0.1) is 0 Å². The molecule has 0 bridgehead atoms. The number of esters is 1. The summed E-state index contributed by atoms with van der Waals surface area (Å²) < 4.78 is 4.48. The Labute approximate surface area is 88.7 Å². The summed E-state index contributed by atoms with van der Waals surface area (Å²) in [5.74, 6) is -1.51. The minimum atomic E-state index is -2.60. The molecule has 0 aliphatic carbocycles. The summed E-state index contributed by atoms with van der Waals surface area (Å²) >= 11 is 0. The van der Waals surface area contributed by atoms with Gasteiger partial charge in [0.1, 0.15) is 15.6 Å². The van der Waals surface area contributed by atoms with Crippen molar-refractivity contribution in [1.29, 1.82) is 0 Å². The first-order valence-electron chi connectivity index (χ1n) is 4.06. The van der Waals surface area contributed by atoms with Gasteiger partial charge in [-0.05, 0) is 12.1 Å². The van der Waals surface area contributed by atoms with Crippen LogP contribution >= 0.6 is 0 Å². The third-order valence-corrected chi connectivity index (χ3v) is 1.57. The molecule has 0 saturated carbocycles. The van der Waals surface area contributed by atoms with Crippen molar-refractivity contribution in [2.24, 2.45) is 0 Å². The van der Waals surface area contributed by atoms with Crippen LogP contribution in [0.15, 0.2) is 30.3 Å². The lowest BCUT2D eigenvalue weighted by Gasteiger charge is -2.02. The Morgan fingerprint density at radius 3 is 2.06 bits per heavy atom. The Morgan fingerprint density at radius 2 is 1.62 bits per heavy atom. The van der Waals surface area contributed by atoms with E-state index in [1.54, 1.807) is 6.07 Å². The molecule has 0 spiro atoms. The number of rotatable bonds is 4.